The van der Waals surface area contributed by atoms with Crippen LogP contribution in [0, 0.1) is 11.8 Å². The van der Waals surface area contributed by atoms with Crippen LogP contribution in [0.1, 0.15) is 25.3 Å². The molecule has 24 heavy (non-hydrogen) atoms. The van der Waals surface area contributed by atoms with E-state index in [9.17, 15) is 14.4 Å². The fraction of sp³-hybridized carbons (Fsp3) is 0.250. The SMILES string of the molecule is CC(C)C(=O)C(C(=O)Nc1ccccc1)C(C=O)c1ccccc1. The lowest BCUT2D eigenvalue weighted by Gasteiger charge is -2.23. The van der Waals surface area contributed by atoms with Crippen LogP contribution in [0.2, 0.25) is 0 Å². The maximum atomic E-state index is 12.7. The Balaban J connectivity index is 2.35. The molecule has 2 aromatic carbocycles. The average Bonchev–Trinajstić information content (AvgIpc) is 2.60. The molecule has 0 heterocycles. The Bertz CT molecular complexity index is 695. The first-order chi connectivity index (χ1) is 11.5. The molecule has 2 atom stereocenters. The highest BCUT2D eigenvalue weighted by Gasteiger charge is 2.36. The number of rotatable bonds is 7. The van der Waals surface area contributed by atoms with Gasteiger partial charge < -0.3 is 10.1 Å². The molecule has 0 radical (unpaired) electrons. The van der Waals surface area contributed by atoms with Gasteiger partial charge in [0.1, 0.15) is 18.0 Å². The maximum absolute atomic E-state index is 12.7. The summed E-state index contributed by atoms with van der Waals surface area (Å²) < 4.78 is 0. The van der Waals surface area contributed by atoms with E-state index in [0.29, 0.717) is 17.5 Å². The monoisotopic (exact) mass is 323 g/mol. The van der Waals surface area contributed by atoms with Crippen molar-refractivity contribution in [3.63, 3.8) is 0 Å². The minimum absolute atomic E-state index is 0.246. The quantitative estimate of drug-likeness (QED) is 0.627. The van der Waals surface area contributed by atoms with Crippen LogP contribution >= 0.6 is 0 Å². The number of para-hydroxylation sites is 1. The summed E-state index contributed by atoms with van der Waals surface area (Å²) in [5, 5.41) is 2.74. The highest BCUT2D eigenvalue weighted by molar-refractivity contribution is 6.10. The lowest BCUT2D eigenvalue weighted by atomic mass is 9.80. The summed E-state index contributed by atoms with van der Waals surface area (Å²) in [4.78, 5) is 37.1. The van der Waals surface area contributed by atoms with E-state index in [-0.39, 0.29) is 11.7 Å². The molecule has 0 aliphatic rings. The second kappa shape index (κ2) is 8.20. The molecule has 4 nitrogen and oxygen atoms in total. The molecule has 0 aliphatic heterocycles. The molecule has 0 saturated carbocycles. The average molecular weight is 323 g/mol. The van der Waals surface area contributed by atoms with Crippen LogP contribution in [0.5, 0.6) is 0 Å². The zero-order valence-corrected chi connectivity index (χ0v) is 13.8. The maximum Gasteiger partial charge on any atom is 0.236 e. The predicted octanol–water partition coefficient (Wildman–Crippen LogP) is 3.45. The molecule has 1 amide bonds. The van der Waals surface area contributed by atoms with E-state index in [1.165, 1.54) is 0 Å². The molecule has 1 N–H and O–H groups in total. The number of ketones is 1. The fourth-order valence-electron chi connectivity index (χ4n) is 2.59. The molecule has 4 heteroatoms. The summed E-state index contributed by atoms with van der Waals surface area (Å²) in [6, 6.07) is 17.8. The van der Waals surface area contributed by atoms with Gasteiger partial charge in [0.2, 0.25) is 5.91 Å². The van der Waals surface area contributed by atoms with Gasteiger partial charge in [-0.25, -0.2) is 0 Å². The van der Waals surface area contributed by atoms with Gasteiger partial charge in [-0.15, -0.1) is 0 Å². The number of Topliss-reactive ketones (excluding diaryl/α,β-unsaturated/α-hetero) is 1. The van der Waals surface area contributed by atoms with E-state index >= 15 is 0 Å². The normalized spacial score (nSPS) is 13.1. The molecule has 2 aromatic rings. The Hall–Kier alpha value is -2.75. The number of aldehydes is 1. The van der Waals surface area contributed by atoms with Crippen molar-refractivity contribution in [3.05, 3.63) is 66.2 Å². The predicted molar refractivity (Wildman–Crippen MR) is 93.7 cm³/mol. The number of carbonyl (C=O) groups excluding carboxylic acids is 3. The largest absolute Gasteiger partial charge is 0.325 e. The van der Waals surface area contributed by atoms with Crippen molar-refractivity contribution in [2.45, 2.75) is 19.8 Å². The zero-order valence-electron chi connectivity index (χ0n) is 13.8. The highest BCUT2D eigenvalue weighted by Crippen LogP contribution is 2.27. The topological polar surface area (TPSA) is 63.2 Å². The van der Waals surface area contributed by atoms with Crippen LogP contribution in [-0.4, -0.2) is 18.0 Å². The lowest BCUT2D eigenvalue weighted by molar-refractivity contribution is -0.136. The molecule has 0 aliphatic carbocycles. The smallest absolute Gasteiger partial charge is 0.236 e. The second-order valence-electron chi connectivity index (χ2n) is 5.96. The minimum Gasteiger partial charge on any atom is -0.325 e. The number of hydrogen-bond acceptors (Lipinski definition) is 3. The van der Waals surface area contributed by atoms with Gasteiger partial charge in [0, 0.05) is 11.6 Å². The van der Waals surface area contributed by atoms with Gasteiger partial charge in [-0.1, -0.05) is 62.4 Å². The molecule has 2 unspecified atom stereocenters. The molecule has 124 valence electrons. The lowest BCUT2D eigenvalue weighted by Crippen LogP contribution is -2.37. The summed E-state index contributed by atoms with van der Waals surface area (Å²) in [6.45, 7) is 3.47. The van der Waals surface area contributed by atoms with Crippen LogP contribution in [0.4, 0.5) is 5.69 Å². The summed E-state index contributed by atoms with van der Waals surface area (Å²) in [5.74, 6) is -2.90. The Kier molecular flexibility index (Phi) is 6.01. The highest BCUT2D eigenvalue weighted by atomic mass is 16.2. The van der Waals surface area contributed by atoms with Crippen molar-refractivity contribution < 1.29 is 14.4 Å². The molecular weight excluding hydrogens is 302 g/mol. The van der Waals surface area contributed by atoms with Gasteiger partial charge in [0.25, 0.3) is 0 Å². The van der Waals surface area contributed by atoms with E-state index in [1.54, 1.807) is 62.4 Å². The first kappa shape index (κ1) is 17.6. The Morgan fingerprint density at radius 1 is 0.917 bits per heavy atom. The van der Waals surface area contributed by atoms with Crippen molar-refractivity contribution in [2.75, 3.05) is 5.32 Å². The number of amides is 1. The summed E-state index contributed by atoms with van der Waals surface area (Å²) in [7, 11) is 0. The van der Waals surface area contributed by atoms with Gasteiger partial charge in [-0.05, 0) is 17.7 Å². The summed E-state index contributed by atoms with van der Waals surface area (Å²) >= 11 is 0. The molecule has 0 aromatic heterocycles. The van der Waals surface area contributed by atoms with Crippen LogP contribution < -0.4 is 5.32 Å². The van der Waals surface area contributed by atoms with Crippen molar-refractivity contribution in [1.29, 1.82) is 0 Å². The standard InChI is InChI=1S/C20H21NO3/c1-14(2)19(23)18(17(13-22)15-9-5-3-6-10-15)20(24)21-16-11-7-4-8-12-16/h3-14,17-18H,1-2H3,(H,21,24). The third-order valence-electron chi connectivity index (χ3n) is 3.89. The van der Waals surface area contributed by atoms with Gasteiger partial charge >= 0.3 is 0 Å². The van der Waals surface area contributed by atoms with Gasteiger partial charge in [0.05, 0.1) is 5.92 Å². The molecule has 0 bridgehead atoms. The summed E-state index contributed by atoms with van der Waals surface area (Å²) in [5.41, 5.74) is 1.26. The number of benzene rings is 2. The van der Waals surface area contributed by atoms with Gasteiger partial charge in [-0.2, -0.15) is 0 Å². The van der Waals surface area contributed by atoms with Crippen molar-refractivity contribution in [3.8, 4) is 0 Å². The van der Waals surface area contributed by atoms with E-state index in [4.69, 9.17) is 0 Å². The minimum atomic E-state index is -1.05. The van der Waals surface area contributed by atoms with E-state index in [0.717, 1.165) is 0 Å². The van der Waals surface area contributed by atoms with Gasteiger partial charge in [-0.3, -0.25) is 9.59 Å². The second-order valence-corrected chi connectivity index (χ2v) is 5.96. The van der Waals surface area contributed by atoms with Crippen LogP contribution in [0.3, 0.4) is 0 Å². The Morgan fingerprint density at radius 3 is 1.96 bits per heavy atom. The van der Waals surface area contributed by atoms with E-state index in [1.807, 2.05) is 12.1 Å². The van der Waals surface area contributed by atoms with Crippen LogP contribution in [0.15, 0.2) is 60.7 Å². The molecule has 0 spiro atoms. The fourth-order valence-corrected chi connectivity index (χ4v) is 2.59. The third kappa shape index (κ3) is 4.16. The Labute approximate surface area is 141 Å². The van der Waals surface area contributed by atoms with Crippen LogP contribution in [-0.2, 0) is 14.4 Å². The molecular formula is C20H21NO3. The summed E-state index contributed by atoms with van der Waals surface area (Å²) in [6.07, 6.45) is 0.685. The van der Waals surface area contributed by atoms with Crippen molar-refractivity contribution in [1.82, 2.24) is 0 Å². The molecule has 2 rings (SSSR count). The molecule has 0 fully saturated rings. The first-order valence-corrected chi connectivity index (χ1v) is 7.94. The first-order valence-electron chi connectivity index (χ1n) is 7.94. The number of anilines is 1. The van der Waals surface area contributed by atoms with Crippen LogP contribution in [0.25, 0.3) is 0 Å². The zero-order chi connectivity index (χ0) is 17.5. The number of carbonyl (C=O) groups is 3. The van der Waals surface area contributed by atoms with E-state index < -0.39 is 17.7 Å². The number of nitrogens with one attached hydrogen (secondary N) is 1. The van der Waals surface area contributed by atoms with E-state index in [2.05, 4.69) is 5.32 Å². The Morgan fingerprint density at radius 2 is 1.46 bits per heavy atom. The third-order valence-corrected chi connectivity index (χ3v) is 3.89. The van der Waals surface area contributed by atoms with Crippen molar-refractivity contribution in [2.24, 2.45) is 11.8 Å². The van der Waals surface area contributed by atoms with Gasteiger partial charge in [0.15, 0.2) is 0 Å². The number of hydrogen-bond donors (Lipinski definition) is 1. The van der Waals surface area contributed by atoms with Crippen molar-refractivity contribution >= 4 is 23.7 Å². The molecule has 0 saturated heterocycles.